The van der Waals surface area contributed by atoms with Crippen molar-refractivity contribution >= 4 is 17.2 Å². The van der Waals surface area contributed by atoms with Crippen LogP contribution in [0, 0.1) is 5.82 Å². The van der Waals surface area contributed by atoms with Gasteiger partial charge in [0.1, 0.15) is 5.82 Å². The van der Waals surface area contributed by atoms with Crippen molar-refractivity contribution < 1.29 is 9.60 Å². The first-order valence-electron chi connectivity index (χ1n) is 5.69. The number of hydrogen-bond donors (Lipinski definition) is 2. The lowest BCUT2D eigenvalue weighted by Gasteiger charge is -2.19. The normalized spacial score (nSPS) is 11.4. The van der Waals surface area contributed by atoms with Gasteiger partial charge in [0.05, 0.1) is 0 Å². The molecule has 19 heavy (non-hydrogen) atoms. The first-order valence-corrected chi connectivity index (χ1v) is 5.69. The predicted octanol–water partition coefficient (Wildman–Crippen LogP) is 2.69. The molecule has 0 amide bonds. The third-order valence-corrected chi connectivity index (χ3v) is 2.87. The zero-order valence-corrected chi connectivity index (χ0v) is 10.4. The fourth-order valence-electron chi connectivity index (χ4n) is 1.73. The zero-order chi connectivity index (χ0) is 13.8. The van der Waals surface area contributed by atoms with Gasteiger partial charge in [-0.2, -0.15) is 0 Å². The third kappa shape index (κ3) is 2.82. The summed E-state index contributed by atoms with van der Waals surface area (Å²) < 4.78 is 12.9. The van der Waals surface area contributed by atoms with E-state index in [0.717, 1.165) is 11.4 Å². The first-order chi connectivity index (χ1) is 9.11. The molecule has 0 aliphatic carbocycles. The van der Waals surface area contributed by atoms with Gasteiger partial charge < -0.3 is 15.8 Å². The van der Waals surface area contributed by atoms with Crippen molar-refractivity contribution in [1.29, 1.82) is 0 Å². The topological polar surface area (TPSA) is 61.8 Å². The third-order valence-electron chi connectivity index (χ3n) is 2.87. The molecule has 0 atom stereocenters. The number of hydrogen-bond acceptors (Lipinski definition) is 3. The Balaban J connectivity index is 2.24. The molecule has 0 unspecified atom stereocenters. The van der Waals surface area contributed by atoms with Gasteiger partial charge in [0.2, 0.25) is 0 Å². The Hall–Kier alpha value is -2.56. The average molecular weight is 259 g/mol. The molecule has 0 bridgehead atoms. The summed E-state index contributed by atoms with van der Waals surface area (Å²) in [5.74, 6) is -0.199. The highest BCUT2D eigenvalue weighted by Gasteiger charge is 2.05. The van der Waals surface area contributed by atoms with E-state index in [2.05, 4.69) is 5.16 Å². The van der Waals surface area contributed by atoms with E-state index in [-0.39, 0.29) is 11.7 Å². The van der Waals surface area contributed by atoms with Gasteiger partial charge in [-0.15, -0.1) is 0 Å². The minimum absolute atomic E-state index is 0.0657. The quantitative estimate of drug-likeness (QED) is 0.385. The number of oxime groups is 1. The maximum absolute atomic E-state index is 12.9. The monoisotopic (exact) mass is 259 g/mol. The average Bonchev–Trinajstić information content (AvgIpc) is 2.46. The van der Waals surface area contributed by atoms with E-state index in [1.165, 1.54) is 12.1 Å². The number of anilines is 2. The SMILES string of the molecule is CN(c1ccc(F)cc1)c1ccc(C(N)=NO)cc1. The van der Waals surface area contributed by atoms with Gasteiger partial charge in [-0.3, -0.25) is 0 Å². The van der Waals surface area contributed by atoms with Crippen molar-refractivity contribution in [2.45, 2.75) is 0 Å². The Morgan fingerprint density at radius 1 is 1.05 bits per heavy atom. The summed E-state index contributed by atoms with van der Waals surface area (Å²) in [6.07, 6.45) is 0. The molecular weight excluding hydrogens is 245 g/mol. The second kappa shape index (κ2) is 5.39. The Labute approximate surface area is 110 Å². The van der Waals surface area contributed by atoms with E-state index in [1.54, 1.807) is 24.3 Å². The molecule has 5 heteroatoms. The predicted molar refractivity (Wildman–Crippen MR) is 73.4 cm³/mol. The van der Waals surface area contributed by atoms with Crippen molar-refractivity contribution in [2.24, 2.45) is 10.9 Å². The van der Waals surface area contributed by atoms with Crippen LogP contribution < -0.4 is 10.6 Å². The molecule has 0 radical (unpaired) electrons. The molecule has 0 aromatic heterocycles. The maximum Gasteiger partial charge on any atom is 0.170 e. The number of amidine groups is 1. The molecule has 0 saturated heterocycles. The van der Waals surface area contributed by atoms with Gasteiger partial charge in [-0.05, 0) is 48.5 Å². The van der Waals surface area contributed by atoms with Crippen LogP contribution in [-0.4, -0.2) is 18.1 Å². The Morgan fingerprint density at radius 3 is 2.00 bits per heavy atom. The second-order valence-corrected chi connectivity index (χ2v) is 4.07. The molecule has 98 valence electrons. The van der Waals surface area contributed by atoms with Gasteiger partial charge >= 0.3 is 0 Å². The molecule has 2 rings (SSSR count). The highest BCUT2D eigenvalue weighted by Crippen LogP contribution is 2.23. The van der Waals surface area contributed by atoms with Crippen molar-refractivity contribution in [1.82, 2.24) is 0 Å². The molecule has 0 saturated carbocycles. The van der Waals surface area contributed by atoms with Crippen LogP contribution in [0.5, 0.6) is 0 Å². The van der Waals surface area contributed by atoms with E-state index >= 15 is 0 Å². The highest BCUT2D eigenvalue weighted by atomic mass is 19.1. The Bertz CT molecular complexity index is 579. The molecule has 0 fully saturated rings. The Kier molecular flexibility index (Phi) is 3.66. The summed E-state index contributed by atoms with van der Waals surface area (Å²) in [6, 6.07) is 13.4. The van der Waals surface area contributed by atoms with E-state index in [0.29, 0.717) is 5.56 Å². The van der Waals surface area contributed by atoms with Gasteiger partial charge in [-0.25, -0.2) is 4.39 Å². The van der Waals surface area contributed by atoms with E-state index < -0.39 is 0 Å². The standard InChI is InChI=1S/C14H14FN3O/c1-18(13-8-4-11(15)5-9-13)12-6-2-10(3-7-12)14(16)17-19/h2-9,19H,1H3,(H2,16,17). The maximum atomic E-state index is 12.9. The van der Waals surface area contributed by atoms with Crippen LogP contribution in [0.4, 0.5) is 15.8 Å². The summed E-state index contributed by atoms with van der Waals surface area (Å²) in [6.45, 7) is 0. The molecule has 2 aromatic carbocycles. The van der Waals surface area contributed by atoms with Gasteiger partial charge in [-0.1, -0.05) is 5.16 Å². The summed E-state index contributed by atoms with van der Waals surface area (Å²) in [5, 5.41) is 11.5. The Morgan fingerprint density at radius 2 is 1.53 bits per heavy atom. The first kappa shape index (κ1) is 12.9. The van der Waals surface area contributed by atoms with Crippen LogP contribution in [-0.2, 0) is 0 Å². The zero-order valence-electron chi connectivity index (χ0n) is 10.4. The highest BCUT2D eigenvalue weighted by molar-refractivity contribution is 5.97. The smallest absolute Gasteiger partial charge is 0.170 e. The van der Waals surface area contributed by atoms with Gasteiger partial charge in [0, 0.05) is 24.0 Å². The van der Waals surface area contributed by atoms with Crippen molar-refractivity contribution in [3.8, 4) is 0 Å². The summed E-state index contributed by atoms with van der Waals surface area (Å²) in [5.41, 5.74) is 7.92. The molecule has 0 aliphatic rings. The molecule has 2 aromatic rings. The van der Waals surface area contributed by atoms with Crippen LogP contribution in [0.15, 0.2) is 53.7 Å². The summed E-state index contributed by atoms with van der Waals surface area (Å²) in [7, 11) is 1.88. The number of rotatable bonds is 3. The van der Waals surface area contributed by atoms with Crippen LogP contribution in [0.3, 0.4) is 0 Å². The number of nitrogens with zero attached hydrogens (tertiary/aromatic N) is 2. The van der Waals surface area contributed by atoms with E-state index in [1.807, 2.05) is 24.1 Å². The minimum atomic E-state index is -0.264. The largest absolute Gasteiger partial charge is 0.409 e. The molecule has 4 nitrogen and oxygen atoms in total. The van der Waals surface area contributed by atoms with Crippen LogP contribution in [0.2, 0.25) is 0 Å². The molecule has 0 aliphatic heterocycles. The molecule has 0 heterocycles. The molecule has 0 spiro atoms. The second-order valence-electron chi connectivity index (χ2n) is 4.07. The van der Waals surface area contributed by atoms with Crippen LogP contribution in [0.25, 0.3) is 0 Å². The molecule has 3 N–H and O–H groups in total. The number of nitrogens with two attached hydrogens (primary N) is 1. The van der Waals surface area contributed by atoms with Crippen molar-refractivity contribution in [2.75, 3.05) is 11.9 Å². The summed E-state index contributed by atoms with van der Waals surface area (Å²) in [4.78, 5) is 1.91. The fraction of sp³-hybridized carbons (Fsp3) is 0.0714. The lowest BCUT2D eigenvalue weighted by atomic mass is 10.1. The number of benzene rings is 2. The molecular formula is C14H14FN3O. The lowest BCUT2D eigenvalue weighted by Crippen LogP contribution is -2.14. The fourth-order valence-corrected chi connectivity index (χ4v) is 1.73. The van der Waals surface area contributed by atoms with E-state index in [9.17, 15) is 4.39 Å². The minimum Gasteiger partial charge on any atom is -0.409 e. The van der Waals surface area contributed by atoms with Crippen molar-refractivity contribution in [3.05, 3.63) is 59.9 Å². The van der Waals surface area contributed by atoms with Crippen LogP contribution >= 0.6 is 0 Å². The van der Waals surface area contributed by atoms with Gasteiger partial charge in [0.15, 0.2) is 5.84 Å². The summed E-state index contributed by atoms with van der Waals surface area (Å²) >= 11 is 0. The van der Waals surface area contributed by atoms with Crippen molar-refractivity contribution in [3.63, 3.8) is 0 Å². The number of halogens is 1. The van der Waals surface area contributed by atoms with Gasteiger partial charge in [0.25, 0.3) is 0 Å². The van der Waals surface area contributed by atoms with Crippen LogP contribution in [0.1, 0.15) is 5.56 Å². The lowest BCUT2D eigenvalue weighted by molar-refractivity contribution is 0.318. The van der Waals surface area contributed by atoms with E-state index in [4.69, 9.17) is 10.9 Å².